The first-order valence-electron chi connectivity index (χ1n) is 6.61. The molecule has 18 heavy (non-hydrogen) atoms. The van der Waals surface area contributed by atoms with E-state index in [0.29, 0.717) is 5.92 Å². The third-order valence-corrected chi connectivity index (χ3v) is 4.61. The Balaban J connectivity index is 2.08. The van der Waals surface area contributed by atoms with Gasteiger partial charge in [-0.1, -0.05) is 47.6 Å². The maximum atomic E-state index is 2.35. The molecule has 0 N–H and O–H groups in total. The minimum absolute atomic E-state index is 0.452. The minimum Gasteiger partial charge on any atom is -0.0751 e. The van der Waals surface area contributed by atoms with Crippen LogP contribution in [0.5, 0.6) is 0 Å². The maximum Gasteiger partial charge on any atom is 0.0370 e. The second-order valence-electron chi connectivity index (χ2n) is 5.38. The van der Waals surface area contributed by atoms with E-state index < -0.39 is 0 Å². The Hall–Kier alpha value is -1.56. The van der Waals surface area contributed by atoms with Crippen molar-refractivity contribution < 1.29 is 0 Å². The average Bonchev–Trinajstić information content (AvgIpc) is 2.87. The summed E-state index contributed by atoms with van der Waals surface area (Å²) in [6.45, 7) is 9.01. The molecule has 0 saturated heterocycles. The lowest BCUT2D eigenvalue weighted by Gasteiger charge is -2.22. The Kier molecular flexibility index (Phi) is 2.55. The van der Waals surface area contributed by atoms with Crippen LogP contribution in [0.3, 0.4) is 0 Å². The average molecular weight is 235 g/mol. The van der Waals surface area contributed by atoms with Crippen LogP contribution in [0.1, 0.15) is 44.7 Å². The summed E-state index contributed by atoms with van der Waals surface area (Å²) < 4.78 is 0. The second-order valence-corrected chi connectivity index (χ2v) is 5.38. The van der Waals surface area contributed by atoms with Crippen molar-refractivity contribution in [3.8, 4) is 0 Å². The molecular formula is C18H19. The summed E-state index contributed by atoms with van der Waals surface area (Å²) in [6, 6.07) is 8.73. The Labute approximate surface area is 110 Å². The Morgan fingerprint density at radius 2 is 1.39 bits per heavy atom. The number of allylic oxidation sites excluding steroid dienone is 5. The predicted octanol–water partition coefficient (Wildman–Crippen LogP) is 5.06. The van der Waals surface area contributed by atoms with Gasteiger partial charge in [0.15, 0.2) is 0 Å². The zero-order chi connectivity index (χ0) is 12.9. The van der Waals surface area contributed by atoms with Crippen molar-refractivity contribution in [2.75, 3.05) is 0 Å². The smallest absolute Gasteiger partial charge is 0.0370 e. The van der Waals surface area contributed by atoms with Gasteiger partial charge in [0, 0.05) is 11.8 Å². The van der Waals surface area contributed by atoms with Gasteiger partial charge in [-0.25, -0.2) is 0 Å². The molecule has 0 amide bonds. The SMILES string of the molecule is CC1=C(C)C(C)=C(C)[C]1C1C=Cc2ccccc21. The molecule has 0 aromatic heterocycles. The zero-order valence-electron chi connectivity index (χ0n) is 11.5. The number of fused-ring (bicyclic) bond motifs is 1. The van der Waals surface area contributed by atoms with Gasteiger partial charge in [-0.2, -0.15) is 0 Å². The summed E-state index contributed by atoms with van der Waals surface area (Å²) in [5.41, 5.74) is 8.68. The van der Waals surface area contributed by atoms with Crippen molar-refractivity contribution in [3.63, 3.8) is 0 Å². The fourth-order valence-corrected chi connectivity index (χ4v) is 3.22. The molecule has 1 unspecified atom stereocenters. The summed E-state index contributed by atoms with van der Waals surface area (Å²) in [7, 11) is 0. The first-order valence-corrected chi connectivity index (χ1v) is 6.61. The molecule has 1 aromatic rings. The summed E-state index contributed by atoms with van der Waals surface area (Å²) in [6.07, 6.45) is 4.61. The van der Waals surface area contributed by atoms with E-state index in [-0.39, 0.29) is 0 Å². The van der Waals surface area contributed by atoms with Crippen molar-refractivity contribution in [2.24, 2.45) is 0 Å². The van der Waals surface area contributed by atoms with Crippen LogP contribution in [-0.4, -0.2) is 0 Å². The standard InChI is InChI=1S/C18H19/c1-11-12(2)14(4)18(13(11)3)17-10-9-15-7-5-6-8-16(15)17/h5-10,17H,1-4H3. The van der Waals surface area contributed by atoms with Crippen LogP contribution >= 0.6 is 0 Å². The van der Waals surface area contributed by atoms with Gasteiger partial charge in [0.25, 0.3) is 0 Å². The number of hydrogen-bond donors (Lipinski definition) is 0. The monoisotopic (exact) mass is 235 g/mol. The van der Waals surface area contributed by atoms with Crippen molar-refractivity contribution in [3.05, 3.63) is 69.7 Å². The molecule has 0 bridgehead atoms. The summed E-state index contributed by atoms with van der Waals surface area (Å²) >= 11 is 0. The highest BCUT2D eigenvalue weighted by atomic mass is 14.4. The lowest BCUT2D eigenvalue weighted by atomic mass is 9.81. The highest BCUT2D eigenvalue weighted by Gasteiger charge is 2.34. The number of hydrogen-bond acceptors (Lipinski definition) is 0. The van der Waals surface area contributed by atoms with Gasteiger partial charge in [-0.05, 0) is 50.0 Å². The van der Waals surface area contributed by atoms with Crippen LogP contribution in [0.15, 0.2) is 52.6 Å². The molecule has 0 saturated carbocycles. The van der Waals surface area contributed by atoms with Crippen molar-refractivity contribution in [2.45, 2.75) is 33.6 Å². The quantitative estimate of drug-likeness (QED) is 0.638. The lowest BCUT2D eigenvalue weighted by Crippen LogP contribution is -2.08. The molecular weight excluding hydrogens is 216 g/mol. The van der Waals surface area contributed by atoms with E-state index in [4.69, 9.17) is 0 Å². The molecule has 0 heterocycles. The summed E-state index contributed by atoms with van der Waals surface area (Å²) in [5, 5.41) is 0. The highest BCUT2D eigenvalue weighted by molar-refractivity contribution is 5.70. The van der Waals surface area contributed by atoms with Crippen LogP contribution in [0.4, 0.5) is 0 Å². The molecule has 0 spiro atoms. The third kappa shape index (κ3) is 1.45. The van der Waals surface area contributed by atoms with Crippen LogP contribution in [-0.2, 0) is 0 Å². The molecule has 0 heteroatoms. The van der Waals surface area contributed by atoms with Gasteiger partial charge in [-0.3, -0.25) is 0 Å². The fraction of sp³-hybridized carbons (Fsp3) is 0.278. The zero-order valence-corrected chi connectivity index (χ0v) is 11.5. The van der Waals surface area contributed by atoms with Crippen molar-refractivity contribution >= 4 is 6.08 Å². The largest absolute Gasteiger partial charge is 0.0751 e. The molecule has 0 nitrogen and oxygen atoms in total. The fourth-order valence-electron chi connectivity index (χ4n) is 3.22. The van der Waals surface area contributed by atoms with E-state index in [1.807, 2.05) is 0 Å². The van der Waals surface area contributed by atoms with Crippen LogP contribution in [0.2, 0.25) is 0 Å². The maximum absolute atomic E-state index is 2.35. The Bertz CT molecular complexity index is 572. The van der Waals surface area contributed by atoms with E-state index in [1.165, 1.54) is 39.3 Å². The first-order chi connectivity index (χ1) is 8.61. The van der Waals surface area contributed by atoms with Gasteiger partial charge in [0.2, 0.25) is 0 Å². The lowest BCUT2D eigenvalue weighted by molar-refractivity contribution is 0.898. The van der Waals surface area contributed by atoms with Crippen molar-refractivity contribution in [1.82, 2.24) is 0 Å². The van der Waals surface area contributed by atoms with Gasteiger partial charge < -0.3 is 0 Å². The summed E-state index contributed by atoms with van der Waals surface area (Å²) in [5.74, 6) is 1.97. The first kappa shape index (κ1) is 11.5. The molecule has 1 atom stereocenters. The Morgan fingerprint density at radius 1 is 0.778 bits per heavy atom. The van der Waals surface area contributed by atoms with Crippen LogP contribution in [0, 0.1) is 5.92 Å². The van der Waals surface area contributed by atoms with Crippen molar-refractivity contribution in [1.29, 1.82) is 0 Å². The molecule has 2 aliphatic rings. The molecule has 91 valence electrons. The van der Waals surface area contributed by atoms with E-state index in [2.05, 4.69) is 64.1 Å². The topological polar surface area (TPSA) is 0 Å². The van der Waals surface area contributed by atoms with E-state index in [9.17, 15) is 0 Å². The van der Waals surface area contributed by atoms with E-state index in [0.717, 1.165) is 0 Å². The van der Waals surface area contributed by atoms with Crippen LogP contribution in [0.25, 0.3) is 6.08 Å². The molecule has 1 radical (unpaired) electrons. The van der Waals surface area contributed by atoms with Gasteiger partial charge in [-0.15, -0.1) is 0 Å². The molecule has 3 rings (SSSR count). The molecule has 2 aliphatic carbocycles. The number of benzene rings is 1. The highest BCUT2D eigenvalue weighted by Crippen LogP contribution is 2.49. The number of rotatable bonds is 1. The molecule has 1 aromatic carbocycles. The van der Waals surface area contributed by atoms with Gasteiger partial charge >= 0.3 is 0 Å². The minimum atomic E-state index is 0.452. The van der Waals surface area contributed by atoms with E-state index in [1.54, 1.807) is 0 Å². The van der Waals surface area contributed by atoms with Gasteiger partial charge in [0.05, 0.1) is 0 Å². The normalized spacial score (nSPS) is 23.2. The van der Waals surface area contributed by atoms with E-state index >= 15 is 0 Å². The molecule has 0 aliphatic heterocycles. The predicted molar refractivity (Wildman–Crippen MR) is 78.2 cm³/mol. The second kappa shape index (κ2) is 3.98. The molecule has 0 fully saturated rings. The van der Waals surface area contributed by atoms with Gasteiger partial charge in [0.1, 0.15) is 0 Å². The van der Waals surface area contributed by atoms with Crippen LogP contribution < -0.4 is 0 Å². The summed E-state index contributed by atoms with van der Waals surface area (Å²) in [4.78, 5) is 0. The Morgan fingerprint density at radius 3 is 2.06 bits per heavy atom. The third-order valence-electron chi connectivity index (χ3n) is 4.61.